The van der Waals surface area contributed by atoms with Crippen LogP contribution in [0.2, 0.25) is 0 Å². The number of nitrogens with zero attached hydrogens (tertiary/aromatic N) is 1. The quantitative estimate of drug-likeness (QED) is 0.390. The molecular weight excluding hydrogens is 315 g/mol. The largest absolute Gasteiger partial charge is 0.366 e. The number of halogens is 1. The van der Waals surface area contributed by atoms with Gasteiger partial charge in [0.2, 0.25) is 5.91 Å². The summed E-state index contributed by atoms with van der Waals surface area (Å²) in [6.45, 7) is 0. The van der Waals surface area contributed by atoms with Gasteiger partial charge in [0.15, 0.2) is 6.29 Å². The topological polar surface area (TPSA) is 103 Å². The van der Waals surface area contributed by atoms with Gasteiger partial charge in [0.05, 0.1) is 16.1 Å². The van der Waals surface area contributed by atoms with Crippen LogP contribution in [0.25, 0.3) is 0 Å². The summed E-state index contributed by atoms with van der Waals surface area (Å²) >= 11 is 1.75. The average molecular weight is 320 g/mol. The zero-order chi connectivity index (χ0) is 11.6. The Hall–Kier alpha value is -1.51. The fraction of sp³-hybridized carbons (Fsp3) is 0. The molecule has 7 heteroatoms. The Morgan fingerprint density at radius 3 is 2.53 bits per heavy atom. The van der Waals surface area contributed by atoms with Crippen molar-refractivity contribution in [1.82, 2.24) is 0 Å². The van der Waals surface area contributed by atoms with Crippen molar-refractivity contribution in [2.24, 2.45) is 5.73 Å². The molecule has 0 aliphatic rings. The van der Waals surface area contributed by atoms with E-state index in [1.165, 1.54) is 0 Å². The minimum atomic E-state index is -0.725. The van der Waals surface area contributed by atoms with Gasteiger partial charge in [-0.15, -0.1) is 0 Å². The number of hydrogen-bond donors (Lipinski definition) is 1. The fourth-order valence-corrected chi connectivity index (χ4v) is 1.74. The molecule has 78 valence electrons. The van der Waals surface area contributed by atoms with Gasteiger partial charge >= 0.3 is 0 Å². The standard InChI is InChI=1S/C8H5IN2O4/c9-6-2-7(11(14)15)4(3-12)1-5(6)8(10)13/h1-3H,(H2,10,13). The normalized spacial score (nSPS) is 9.67. The first-order valence-corrected chi connectivity index (χ1v) is 4.78. The highest BCUT2D eigenvalue weighted by atomic mass is 127. The molecule has 0 aromatic heterocycles. The van der Waals surface area contributed by atoms with Gasteiger partial charge in [-0.25, -0.2) is 0 Å². The van der Waals surface area contributed by atoms with Crippen molar-refractivity contribution in [2.75, 3.05) is 0 Å². The Bertz CT molecular complexity index is 458. The molecule has 1 rings (SSSR count). The highest BCUT2D eigenvalue weighted by Crippen LogP contribution is 2.23. The van der Waals surface area contributed by atoms with E-state index < -0.39 is 10.8 Å². The first-order valence-electron chi connectivity index (χ1n) is 3.70. The van der Waals surface area contributed by atoms with E-state index in [4.69, 9.17) is 5.73 Å². The summed E-state index contributed by atoms with van der Waals surface area (Å²) in [5, 5.41) is 10.5. The molecule has 0 fully saturated rings. The maximum atomic E-state index is 10.9. The van der Waals surface area contributed by atoms with Crippen molar-refractivity contribution in [3.63, 3.8) is 0 Å². The van der Waals surface area contributed by atoms with Crippen LogP contribution in [0, 0.1) is 13.7 Å². The molecule has 1 amide bonds. The summed E-state index contributed by atoms with van der Waals surface area (Å²) in [7, 11) is 0. The molecule has 15 heavy (non-hydrogen) atoms. The molecule has 0 aliphatic carbocycles. The molecule has 0 saturated heterocycles. The molecule has 2 N–H and O–H groups in total. The molecule has 0 heterocycles. The van der Waals surface area contributed by atoms with Gasteiger partial charge in [-0.1, -0.05) is 0 Å². The SMILES string of the molecule is NC(=O)c1cc(C=O)c([N+](=O)[O-])cc1I. The number of benzene rings is 1. The molecule has 0 spiro atoms. The lowest BCUT2D eigenvalue weighted by Crippen LogP contribution is -2.13. The van der Waals surface area contributed by atoms with Crippen LogP contribution in [-0.4, -0.2) is 17.1 Å². The third kappa shape index (κ3) is 2.29. The van der Waals surface area contributed by atoms with Crippen LogP contribution < -0.4 is 5.73 Å². The Morgan fingerprint density at radius 1 is 1.53 bits per heavy atom. The summed E-state index contributed by atoms with van der Waals surface area (Å²) in [5.74, 6) is -0.725. The highest BCUT2D eigenvalue weighted by Gasteiger charge is 2.18. The summed E-state index contributed by atoms with van der Waals surface area (Å²) < 4.78 is 0.345. The van der Waals surface area contributed by atoms with Gasteiger partial charge in [-0.2, -0.15) is 0 Å². The molecule has 6 nitrogen and oxygen atoms in total. The zero-order valence-electron chi connectivity index (χ0n) is 7.27. The van der Waals surface area contributed by atoms with Crippen molar-refractivity contribution in [2.45, 2.75) is 0 Å². The maximum absolute atomic E-state index is 10.9. The van der Waals surface area contributed by atoms with E-state index in [0.29, 0.717) is 9.86 Å². The van der Waals surface area contributed by atoms with Crippen LogP contribution in [0.4, 0.5) is 5.69 Å². The lowest BCUT2D eigenvalue weighted by Gasteiger charge is -2.01. The van der Waals surface area contributed by atoms with Crippen LogP contribution in [0.3, 0.4) is 0 Å². The number of nitro groups is 1. The van der Waals surface area contributed by atoms with Crippen molar-refractivity contribution in [3.8, 4) is 0 Å². The van der Waals surface area contributed by atoms with Crippen molar-refractivity contribution in [1.29, 1.82) is 0 Å². The first-order chi connectivity index (χ1) is 6.97. The monoisotopic (exact) mass is 320 g/mol. The minimum Gasteiger partial charge on any atom is -0.366 e. The smallest absolute Gasteiger partial charge is 0.280 e. The Kier molecular flexibility index (Phi) is 3.35. The fourth-order valence-electron chi connectivity index (χ4n) is 1.02. The highest BCUT2D eigenvalue weighted by molar-refractivity contribution is 14.1. The van der Waals surface area contributed by atoms with Gasteiger partial charge in [-0.3, -0.25) is 19.7 Å². The van der Waals surface area contributed by atoms with Crippen molar-refractivity contribution >= 4 is 40.5 Å². The van der Waals surface area contributed by atoms with Crippen molar-refractivity contribution in [3.05, 3.63) is 36.9 Å². The van der Waals surface area contributed by atoms with E-state index in [2.05, 4.69) is 0 Å². The number of amides is 1. The Labute approximate surface area is 97.7 Å². The molecule has 0 saturated carbocycles. The summed E-state index contributed by atoms with van der Waals surface area (Å²) in [6, 6.07) is 2.26. The second-order valence-electron chi connectivity index (χ2n) is 2.63. The Morgan fingerprint density at radius 2 is 2.13 bits per heavy atom. The third-order valence-corrected chi connectivity index (χ3v) is 2.60. The van der Waals surface area contributed by atoms with Gasteiger partial charge in [-0.05, 0) is 28.7 Å². The molecular formula is C8H5IN2O4. The number of carbonyl (C=O) groups is 2. The van der Waals surface area contributed by atoms with E-state index >= 15 is 0 Å². The van der Waals surface area contributed by atoms with E-state index in [1.54, 1.807) is 22.6 Å². The van der Waals surface area contributed by atoms with E-state index in [0.717, 1.165) is 12.1 Å². The lowest BCUT2D eigenvalue weighted by molar-refractivity contribution is -0.385. The molecule has 0 bridgehead atoms. The number of carbonyl (C=O) groups excluding carboxylic acids is 2. The first kappa shape index (κ1) is 11.6. The van der Waals surface area contributed by atoms with Crippen LogP contribution in [0.5, 0.6) is 0 Å². The number of nitro benzene ring substituents is 1. The Balaban J connectivity index is 3.48. The summed E-state index contributed by atoms with van der Waals surface area (Å²) in [6.07, 6.45) is 0.320. The van der Waals surface area contributed by atoms with Crippen LogP contribution >= 0.6 is 22.6 Å². The van der Waals surface area contributed by atoms with Crippen LogP contribution in [0.15, 0.2) is 12.1 Å². The van der Waals surface area contributed by atoms with Gasteiger partial charge in [0, 0.05) is 9.64 Å². The van der Waals surface area contributed by atoms with Crippen molar-refractivity contribution < 1.29 is 14.5 Å². The predicted octanol–water partition coefficient (Wildman–Crippen LogP) is 1.11. The second-order valence-corrected chi connectivity index (χ2v) is 3.79. The second kappa shape index (κ2) is 4.34. The molecule has 0 radical (unpaired) electrons. The number of hydrogen-bond acceptors (Lipinski definition) is 4. The molecule has 0 aliphatic heterocycles. The number of rotatable bonds is 3. The lowest BCUT2D eigenvalue weighted by atomic mass is 10.1. The predicted molar refractivity (Wildman–Crippen MR) is 59.7 cm³/mol. The minimum absolute atomic E-state index is 0.100. The molecule has 0 atom stereocenters. The third-order valence-electron chi connectivity index (χ3n) is 1.71. The van der Waals surface area contributed by atoms with Gasteiger partial charge in [0.1, 0.15) is 0 Å². The number of aldehydes is 1. The van der Waals surface area contributed by atoms with E-state index in [9.17, 15) is 19.7 Å². The molecule has 0 unspecified atom stereocenters. The average Bonchev–Trinajstić information content (AvgIpc) is 2.16. The number of primary amides is 1. The summed E-state index contributed by atoms with van der Waals surface area (Å²) in [4.78, 5) is 31.3. The van der Waals surface area contributed by atoms with Gasteiger partial charge < -0.3 is 5.73 Å². The van der Waals surface area contributed by atoms with E-state index in [1.807, 2.05) is 0 Å². The number of nitrogens with two attached hydrogens (primary N) is 1. The summed E-state index contributed by atoms with van der Waals surface area (Å²) in [5.41, 5.74) is 4.64. The molecule has 1 aromatic rings. The van der Waals surface area contributed by atoms with Crippen LogP contribution in [0.1, 0.15) is 20.7 Å². The zero-order valence-corrected chi connectivity index (χ0v) is 9.43. The maximum Gasteiger partial charge on any atom is 0.280 e. The van der Waals surface area contributed by atoms with Gasteiger partial charge in [0.25, 0.3) is 5.69 Å². The molecule has 1 aromatic carbocycles. The van der Waals surface area contributed by atoms with E-state index in [-0.39, 0.29) is 16.8 Å². The van der Waals surface area contributed by atoms with Crippen LogP contribution in [-0.2, 0) is 0 Å².